The zero-order chi connectivity index (χ0) is 21.0. The van der Waals surface area contributed by atoms with Crippen LogP contribution in [0.2, 0.25) is 0 Å². The van der Waals surface area contributed by atoms with E-state index in [9.17, 15) is 9.59 Å². The van der Waals surface area contributed by atoms with Gasteiger partial charge in [0, 0.05) is 25.8 Å². The van der Waals surface area contributed by atoms with Crippen molar-refractivity contribution in [1.29, 1.82) is 0 Å². The molecule has 3 aliphatic rings. The molecule has 0 saturated carbocycles. The van der Waals surface area contributed by atoms with Crippen molar-refractivity contribution in [3.63, 3.8) is 0 Å². The van der Waals surface area contributed by atoms with Crippen molar-refractivity contribution in [3.8, 4) is 0 Å². The number of ether oxygens (including phenoxy) is 1. The number of benzene rings is 2. The van der Waals surface area contributed by atoms with E-state index in [0.717, 1.165) is 22.4 Å². The number of rotatable bonds is 4. The first-order valence-electron chi connectivity index (χ1n) is 10.9. The molecule has 1 N–H and O–H groups in total. The number of hydrogen-bond donors (Lipinski definition) is 1. The van der Waals surface area contributed by atoms with Crippen molar-refractivity contribution in [2.45, 2.75) is 43.5 Å². The molecule has 3 saturated heterocycles. The molecule has 1 aromatic heterocycles. The van der Waals surface area contributed by atoms with Gasteiger partial charge < -0.3 is 19.5 Å². The fraction of sp³-hybridized carbons (Fsp3) is 0.375. The van der Waals surface area contributed by atoms with Crippen LogP contribution in [0, 0.1) is 0 Å². The summed E-state index contributed by atoms with van der Waals surface area (Å²) in [6.45, 7) is 1.10. The maximum absolute atomic E-state index is 13.1. The quantitative estimate of drug-likeness (QED) is 0.709. The first-order valence-corrected chi connectivity index (χ1v) is 10.9. The Hall–Kier alpha value is -3.19. The highest BCUT2D eigenvalue weighted by Crippen LogP contribution is 2.51. The molecule has 3 aromatic rings. The Morgan fingerprint density at radius 1 is 1.16 bits per heavy atom. The summed E-state index contributed by atoms with van der Waals surface area (Å²) in [6, 6.07) is 17.6. The minimum atomic E-state index is -0.674. The molecule has 7 heteroatoms. The number of imidazole rings is 1. The van der Waals surface area contributed by atoms with Crippen molar-refractivity contribution >= 4 is 22.8 Å². The Kier molecular flexibility index (Phi) is 4.14. The topological polar surface area (TPSA) is 78.5 Å². The number of H-pyrrole nitrogens is 1. The number of nitrogens with zero attached hydrogens (tertiary/aromatic N) is 3. The Bertz CT molecular complexity index is 1130. The number of fused-ring (bicyclic) bond motifs is 1. The molecule has 6 rings (SSSR count). The molecular weight excluding hydrogens is 392 g/mol. The maximum Gasteiger partial charge on any atom is 0.227 e. The van der Waals surface area contributed by atoms with E-state index < -0.39 is 5.72 Å². The molecule has 3 fully saturated rings. The Morgan fingerprint density at radius 3 is 2.81 bits per heavy atom. The summed E-state index contributed by atoms with van der Waals surface area (Å²) in [7, 11) is 0. The predicted octanol–water partition coefficient (Wildman–Crippen LogP) is 2.80. The Labute approximate surface area is 180 Å². The number of carbonyl (C=O) groups excluding carboxylic acids is 2. The fourth-order valence-corrected chi connectivity index (χ4v) is 5.56. The highest BCUT2D eigenvalue weighted by molar-refractivity contribution is 5.85. The average Bonchev–Trinajstić information content (AvgIpc) is 3.52. The lowest BCUT2D eigenvalue weighted by Crippen LogP contribution is -2.49. The largest absolute Gasteiger partial charge is 0.351 e. The number of aromatic nitrogens is 2. The van der Waals surface area contributed by atoms with E-state index in [1.807, 2.05) is 64.4 Å². The second-order valence-corrected chi connectivity index (χ2v) is 8.60. The highest BCUT2D eigenvalue weighted by atomic mass is 16.5. The van der Waals surface area contributed by atoms with Crippen LogP contribution in [0.5, 0.6) is 0 Å². The number of aromatic amines is 1. The summed E-state index contributed by atoms with van der Waals surface area (Å²) < 4.78 is 6.30. The second-order valence-electron chi connectivity index (χ2n) is 8.60. The van der Waals surface area contributed by atoms with Crippen LogP contribution in [0.25, 0.3) is 11.0 Å². The van der Waals surface area contributed by atoms with Crippen molar-refractivity contribution in [3.05, 3.63) is 66.0 Å². The zero-order valence-electron chi connectivity index (χ0n) is 17.2. The van der Waals surface area contributed by atoms with Crippen LogP contribution in [0.15, 0.2) is 54.6 Å². The van der Waals surface area contributed by atoms with Crippen LogP contribution in [-0.2, 0) is 20.7 Å². The van der Waals surface area contributed by atoms with Crippen LogP contribution in [0.4, 0.5) is 0 Å². The molecule has 7 nitrogen and oxygen atoms in total. The maximum atomic E-state index is 13.1. The second kappa shape index (κ2) is 6.92. The van der Waals surface area contributed by atoms with Gasteiger partial charge in [0.1, 0.15) is 5.82 Å². The summed E-state index contributed by atoms with van der Waals surface area (Å²) in [6.07, 6.45) is 1.92. The molecule has 158 valence electrons. The van der Waals surface area contributed by atoms with Gasteiger partial charge >= 0.3 is 0 Å². The van der Waals surface area contributed by atoms with E-state index in [2.05, 4.69) is 9.97 Å². The lowest BCUT2D eigenvalue weighted by atomic mass is 10.0. The summed E-state index contributed by atoms with van der Waals surface area (Å²) in [5.41, 5.74) is 2.30. The molecule has 0 unspecified atom stereocenters. The molecule has 2 amide bonds. The summed E-state index contributed by atoms with van der Waals surface area (Å²) in [5, 5.41) is 0. The number of carbonyl (C=O) groups is 2. The monoisotopic (exact) mass is 416 g/mol. The number of likely N-dealkylation sites (tertiary alicyclic amines) is 1. The number of aryl methyl sites for hydroxylation is 1. The number of nitrogens with one attached hydrogen (secondary N) is 1. The van der Waals surface area contributed by atoms with Gasteiger partial charge in [-0.1, -0.05) is 42.5 Å². The lowest BCUT2D eigenvalue weighted by molar-refractivity contribution is -0.141. The zero-order valence-corrected chi connectivity index (χ0v) is 17.2. The van der Waals surface area contributed by atoms with Crippen LogP contribution in [0.3, 0.4) is 0 Å². The van der Waals surface area contributed by atoms with Gasteiger partial charge in [0.25, 0.3) is 0 Å². The van der Waals surface area contributed by atoms with E-state index in [0.29, 0.717) is 38.8 Å². The smallest absolute Gasteiger partial charge is 0.227 e. The van der Waals surface area contributed by atoms with Gasteiger partial charge in [-0.05, 0) is 17.7 Å². The van der Waals surface area contributed by atoms with Crippen LogP contribution < -0.4 is 0 Å². The van der Waals surface area contributed by atoms with Gasteiger partial charge in [0.15, 0.2) is 5.72 Å². The van der Waals surface area contributed by atoms with E-state index in [1.54, 1.807) is 0 Å². The molecule has 31 heavy (non-hydrogen) atoms. The Morgan fingerprint density at radius 2 is 1.97 bits per heavy atom. The number of para-hydroxylation sites is 2. The van der Waals surface area contributed by atoms with Gasteiger partial charge in [-0.2, -0.15) is 0 Å². The van der Waals surface area contributed by atoms with Crippen LogP contribution >= 0.6 is 0 Å². The van der Waals surface area contributed by atoms with E-state index >= 15 is 0 Å². The standard InChI is InChI=1S/C24H24N4O3/c29-22(11-10-21-25-17-8-4-5-9-18(17)26-21)27-13-12-24-20(27)14-23(30)28(24)19(15-31-24)16-6-2-1-3-7-16/h1-9,19-20H,10-15H2,(H,25,26)/t19-,20+,24-/m0/s1. The van der Waals surface area contributed by atoms with Gasteiger partial charge in [0.2, 0.25) is 11.8 Å². The summed E-state index contributed by atoms with van der Waals surface area (Å²) >= 11 is 0. The first-order chi connectivity index (χ1) is 15.2. The van der Waals surface area contributed by atoms with Crippen LogP contribution in [-0.4, -0.2) is 56.5 Å². The molecule has 3 atom stereocenters. The van der Waals surface area contributed by atoms with E-state index in [1.165, 1.54) is 0 Å². The van der Waals surface area contributed by atoms with E-state index in [4.69, 9.17) is 4.74 Å². The normalized spacial score (nSPS) is 27.2. The minimum Gasteiger partial charge on any atom is -0.351 e. The molecule has 4 heterocycles. The van der Waals surface area contributed by atoms with Gasteiger partial charge in [-0.15, -0.1) is 0 Å². The molecule has 0 aliphatic carbocycles. The third kappa shape index (κ3) is 2.80. The Balaban J connectivity index is 1.19. The van der Waals surface area contributed by atoms with Crippen molar-refractivity contribution in [1.82, 2.24) is 19.8 Å². The van der Waals surface area contributed by atoms with Gasteiger partial charge in [0.05, 0.1) is 36.1 Å². The predicted molar refractivity (Wildman–Crippen MR) is 114 cm³/mol. The highest BCUT2D eigenvalue weighted by Gasteiger charge is 2.65. The molecular formula is C24H24N4O3. The van der Waals surface area contributed by atoms with Crippen molar-refractivity contribution in [2.24, 2.45) is 0 Å². The average molecular weight is 416 g/mol. The molecule has 1 spiro atoms. The minimum absolute atomic E-state index is 0.0590. The first kappa shape index (κ1) is 18.6. The lowest BCUT2D eigenvalue weighted by Gasteiger charge is -2.33. The third-order valence-corrected chi connectivity index (χ3v) is 6.97. The summed E-state index contributed by atoms with van der Waals surface area (Å²) in [4.78, 5) is 37.7. The third-order valence-electron chi connectivity index (χ3n) is 6.97. The molecule has 0 bridgehead atoms. The van der Waals surface area contributed by atoms with Gasteiger partial charge in [-0.3, -0.25) is 9.59 Å². The molecule has 0 radical (unpaired) electrons. The number of hydrogen-bond acceptors (Lipinski definition) is 4. The SMILES string of the molecule is O=C(CCc1nc2ccccc2[nH]1)N1CC[C@@]23OC[C@@H](c4ccccc4)N2C(=O)C[C@@H]13. The van der Waals surface area contributed by atoms with E-state index in [-0.39, 0.29) is 23.9 Å². The van der Waals surface area contributed by atoms with Crippen molar-refractivity contribution < 1.29 is 14.3 Å². The van der Waals surface area contributed by atoms with Crippen molar-refractivity contribution in [2.75, 3.05) is 13.2 Å². The summed E-state index contributed by atoms with van der Waals surface area (Å²) in [5.74, 6) is 0.948. The molecule has 3 aliphatic heterocycles. The number of amides is 2. The fourth-order valence-electron chi connectivity index (χ4n) is 5.56. The molecule has 2 aromatic carbocycles. The van der Waals surface area contributed by atoms with Crippen LogP contribution in [0.1, 0.15) is 36.7 Å². The van der Waals surface area contributed by atoms with Gasteiger partial charge in [-0.25, -0.2) is 4.98 Å².